The monoisotopic (exact) mass is 756 g/mol. The Balaban J connectivity index is 0.000000452. The minimum atomic E-state index is -4.64. The largest absolute Gasteiger partial charge is 0.433 e. The third-order valence-corrected chi connectivity index (χ3v) is 7.29. The molecule has 0 saturated heterocycles. The van der Waals surface area contributed by atoms with Crippen molar-refractivity contribution in [1.29, 1.82) is 0 Å². The first-order valence-corrected chi connectivity index (χ1v) is 18.1. The molecule has 50 heavy (non-hydrogen) atoms. The summed E-state index contributed by atoms with van der Waals surface area (Å²) in [6, 6.07) is 4.04. The van der Waals surface area contributed by atoms with Gasteiger partial charge in [-0.15, -0.1) is 0 Å². The summed E-state index contributed by atoms with van der Waals surface area (Å²) in [4.78, 5) is 15.9. The Morgan fingerprint density at radius 2 is 1.24 bits per heavy atom. The number of hydrogen-bond acceptors (Lipinski definition) is 8. The van der Waals surface area contributed by atoms with Gasteiger partial charge in [0.2, 0.25) is 26.0 Å². The van der Waals surface area contributed by atoms with Gasteiger partial charge in [-0.3, -0.25) is 14.2 Å². The molecule has 0 aliphatic heterocycles. The number of rotatable bonds is 11. The fourth-order valence-corrected chi connectivity index (χ4v) is 5.06. The summed E-state index contributed by atoms with van der Waals surface area (Å²) in [6.45, 7) is 6.42. The second-order valence-electron chi connectivity index (χ2n) is 11.3. The number of nitrogens with one attached hydrogen (secondary N) is 4. The van der Waals surface area contributed by atoms with E-state index in [-0.39, 0.29) is 28.6 Å². The van der Waals surface area contributed by atoms with Gasteiger partial charge in [0.1, 0.15) is 22.9 Å². The molecule has 3 rings (SSSR count). The minimum absolute atomic E-state index is 0.0224. The van der Waals surface area contributed by atoms with Gasteiger partial charge >= 0.3 is 6.18 Å². The summed E-state index contributed by atoms with van der Waals surface area (Å²) in [5.41, 5.74) is 3.33. The van der Waals surface area contributed by atoms with Gasteiger partial charge in [-0.25, -0.2) is 39.4 Å². The highest BCUT2D eigenvalue weighted by Gasteiger charge is 2.33. The predicted octanol–water partition coefficient (Wildman–Crippen LogP) is 5.82. The van der Waals surface area contributed by atoms with Crippen molar-refractivity contribution in [2.45, 2.75) is 52.0 Å². The van der Waals surface area contributed by atoms with Gasteiger partial charge in [0.05, 0.1) is 18.6 Å². The van der Waals surface area contributed by atoms with Gasteiger partial charge in [-0.1, -0.05) is 0 Å². The number of sulfonamides is 2. The van der Waals surface area contributed by atoms with Gasteiger partial charge in [-0.2, -0.15) is 13.2 Å². The van der Waals surface area contributed by atoms with E-state index in [4.69, 9.17) is 5.73 Å². The molecule has 1 aromatic heterocycles. The Hall–Kier alpha value is -4.43. The van der Waals surface area contributed by atoms with Gasteiger partial charge < -0.3 is 16.4 Å². The molecule has 0 spiro atoms. The van der Waals surface area contributed by atoms with Crippen molar-refractivity contribution in [2.75, 3.05) is 27.3 Å². The first-order chi connectivity index (χ1) is 22.8. The Kier molecular flexibility index (Phi) is 13.8. The number of anilines is 3. The highest BCUT2D eigenvalue weighted by atomic mass is 32.2. The van der Waals surface area contributed by atoms with E-state index in [1.165, 1.54) is 13.0 Å². The van der Waals surface area contributed by atoms with Crippen molar-refractivity contribution >= 4 is 49.2 Å². The molecule has 276 valence electrons. The van der Waals surface area contributed by atoms with Crippen molar-refractivity contribution in [3.05, 3.63) is 88.1 Å². The van der Waals surface area contributed by atoms with Crippen LogP contribution < -0.4 is 25.8 Å². The lowest BCUT2D eigenvalue weighted by Crippen LogP contribution is -2.25. The molecule has 0 aliphatic carbocycles. The van der Waals surface area contributed by atoms with E-state index in [9.17, 15) is 52.4 Å². The van der Waals surface area contributed by atoms with Gasteiger partial charge in [0, 0.05) is 23.7 Å². The minimum Gasteiger partial charge on any atom is -0.367 e. The zero-order valence-electron chi connectivity index (χ0n) is 27.4. The summed E-state index contributed by atoms with van der Waals surface area (Å²) in [7, 11) is -7.63. The van der Waals surface area contributed by atoms with Crippen molar-refractivity contribution in [3.8, 4) is 0 Å². The number of pyridine rings is 1. The zero-order chi connectivity index (χ0) is 38.4. The van der Waals surface area contributed by atoms with E-state index < -0.39 is 84.6 Å². The molecule has 3 aromatic rings. The zero-order valence-corrected chi connectivity index (χ0v) is 29.0. The number of amides is 1. The molecular weight excluding hydrogens is 721 g/mol. The van der Waals surface area contributed by atoms with Crippen LogP contribution in [0.25, 0.3) is 6.08 Å². The van der Waals surface area contributed by atoms with E-state index in [1.54, 1.807) is 30.2 Å². The van der Waals surface area contributed by atoms with Crippen molar-refractivity contribution in [1.82, 2.24) is 10.3 Å². The van der Waals surface area contributed by atoms with Crippen LogP contribution in [0.4, 0.5) is 47.9 Å². The molecular formula is C30H35F7N6O5S2. The topological polar surface area (TPSA) is 172 Å². The standard InChI is InChI=1S/C21H23F5N4O3S.C9H12F2N2O2S/c1-11(2)27-20-13(5-7-17(29-20)21(24,25)26)6-8-18(31)28-12(3)14-9-15(22)19(16(23)10-14)30-34(4,32)33;1-5(12)6-3-7(10)9(8(11)4-6)13-16(2,14)15/h5-12,30H,1-4H3,(H,27,29)(H,28,31);3-5,13H,12H2,1-2H3/t12-;5-/m11/s1. The summed E-state index contributed by atoms with van der Waals surface area (Å²) in [6.07, 6.45) is -0.799. The number of carbonyl (C=O) groups is 1. The normalized spacial score (nSPS) is 13.3. The van der Waals surface area contributed by atoms with Crippen molar-refractivity contribution in [3.63, 3.8) is 0 Å². The third kappa shape index (κ3) is 13.1. The summed E-state index contributed by atoms with van der Waals surface area (Å²) >= 11 is 0. The van der Waals surface area contributed by atoms with Crippen molar-refractivity contribution < 1.29 is 52.4 Å². The van der Waals surface area contributed by atoms with E-state index in [2.05, 4.69) is 15.6 Å². The van der Waals surface area contributed by atoms with Crippen LogP contribution in [0, 0.1) is 23.3 Å². The molecule has 0 unspecified atom stereocenters. The van der Waals surface area contributed by atoms with Crippen LogP contribution in [0.1, 0.15) is 62.2 Å². The van der Waals surface area contributed by atoms with Crippen molar-refractivity contribution in [2.24, 2.45) is 5.73 Å². The first-order valence-electron chi connectivity index (χ1n) is 14.3. The molecule has 6 N–H and O–H groups in total. The highest BCUT2D eigenvalue weighted by molar-refractivity contribution is 7.92. The number of alkyl halides is 3. The van der Waals surface area contributed by atoms with E-state index in [0.717, 1.165) is 55.0 Å². The number of carbonyl (C=O) groups excluding carboxylic acids is 1. The molecule has 20 heteroatoms. The fourth-order valence-electron chi connectivity index (χ4n) is 3.93. The van der Waals surface area contributed by atoms with E-state index in [0.29, 0.717) is 0 Å². The quantitative estimate of drug-likeness (QED) is 0.120. The third-order valence-electron chi connectivity index (χ3n) is 6.14. The maximum Gasteiger partial charge on any atom is 0.433 e. The summed E-state index contributed by atoms with van der Waals surface area (Å²) in [5.74, 6) is -5.08. The SMILES string of the molecule is CC(C)Nc1nc(C(F)(F)F)ccc1C=CC(=O)N[C@H](C)c1cc(F)c(NS(C)(=O)=O)c(F)c1.C[C@@H](N)c1cc(F)c(NS(C)(=O)=O)c(F)c1. The molecule has 0 fully saturated rings. The Morgan fingerprint density at radius 1 is 0.800 bits per heavy atom. The van der Waals surface area contributed by atoms with Crippen LogP contribution in [0.5, 0.6) is 0 Å². The van der Waals surface area contributed by atoms with Crippen LogP contribution in [0.2, 0.25) is 0 Å². The molecule has 1 amide bonds. The predicted molar refractivity (Wildman–Crippen MR) is 176 cm³/mol. The summed E-state index contributed by atoms with van der Waals surface area (Å²) in [5, 5.41) is 5.25. The molecule has 0 aliphatic rings. The molecule has 2 atom stereocenters. The number of benzene rings is 2. The average Bonchev–Trinajstić information content (AvgIpc) is 2.94. The molecule has 11 nitrogen and oxygen atoms in total. The number of nitrogens with two attached hydrogens (primary N) is 1. The number of nitrogens with zero attached hydrogens (tertiary/aromatic N) is 1. The second kappa shape index (κ2) is 16.5. The highest BCUT2D eigenvalue weighted by Crippen LogP contribution is 2.30. The maximum atomic E-state index is 14.2. The number of hydrogen-bond donors (Lipinski definition) is 5. The van der Waals surface area contributed by atoms with E-state index >= 15 is 0 Å². The molecule has 1 heterocycles. The first kappa shape index (κ1) is 41.7. The van der Waals surface area contributed by atoms with Crippen LogP contribution in [-0.4, -0.2) is 46.3 Å². The van der Waals surface area contributed by atoms with Crippen LogP contribution in [-0.2, 0) is 31.0 Å². The molecule has 0 saturated carbocycles. The van der Waals surface area contributed by atoms with E-state index in [1.807, 2.05) is 0 Å². The van der Waals surface area contributed by atoms with Crippen LogP contribution in [0.15, 0.2) is 42.5 Å². The van der Waals surface area contributed by atoms with Crippen LogP contribution >= 0.6 is 0 Å². The van der Waals surface area contributed by atoms with Crippen LogP contribution in [0.3, 0.4) is 0 Å². The molecule has 2 aromatic carbocycles. The fraction of sp³-hybridized carbons (Fsp3) is 0.333. The number of aromatic nitrogens is 1. The Bertz CT molecular complexity index is 1910. The van der Waals surface area contributed by atoms with Gasteiger partial charge in [0.15, 0.2) is 23.3 Å². The second-order valence-corrected chi connectivity index (χ2v) is 14.7. The maximum absolute atomic E-state index is 14.2. The lowest BCUT2D eigenvalue weighted by atomic mass is 10.1. The Morgan fingerprint density at radius 3 is 1.62 bits per heavy atom. The lowest BCUT2D eigenvalue weighted by Gasteiger charge is -2.16. The lowest BCUT2D eigenvalue weighted by molar-refractivity contribution is -0.141. The Labute approximate surface area is 284 Å². The smallest absolute Gasteiger partial charge is 0.367 e. The van der Waals surface area contributed by atoms with Gasteiger partial charge in [0.25, 0.3) is 0 Å². The summed E-state index contributed by atoms with van der Waals surface area (Å²) < 4.78 is 142. The van der Waals surface area contributed by atoms with Gasteiger partial charge in [-0.05, 0) is 81.3 Å². The number of halogens is 7. The molecule has 0 bridgehead atoms. The average molecular weight is 757 g/mol. The molecule has 0 radical (unpaired) electrons.